The molecular formula is C20H22ClNO2. The number of phenols is 1. The number of phenolic OH excluding ortho intramolecular Hbond substituents is 1. The summed E-state index contributed by atoms with van der Waals surface area (Å²) in [5.41, 5.74) is 2.55. The van der Waals surface area contributed by atoms with Crippen LogP contribution < -0.4 is 0 Å². The Bertz CT molecular complexity index is 742. The molecule has 0 aliphatic carbocycles. The Morgan fingerprint density at radius 1 is 1.25 bits per heavy atom. The SMILES string of the molecule is C=C(C)CN(C)C(=O)CC(c1cccc(Cl)c1)c1ccccc1O. The second kappa shape index (κ2) is 8.02. The molecule has 0 aliphatic heterocycles. The topological polar surface area (TPSA) is 40.5 Å². The van der Waals surface area contributed by atoms with Gasteiger partial charge in [-0.2, -0.15) is 0 Å². The second-order valence-electron chi connectivity index (χ2n) is 6.08. The molecule has 1 atom stereocenters. The summed E-state index contributed by atoms with van der Waals surface area (Å²) in [4.78, 5) is 14.3. The van der Waals surface area contributed by atoms with Gasteiger partial charge in [0.25, 0.3) is 0 Å². The van der Waals surface area contributed by atoms with Crippen LogP contribution in [0.25, 0.3) is 0 Å². The van der Waals surface area contributed by atoms with Gasteiger partial charge in [-0.1, -0.05) is 54.1 Å². The highest BCUT2D eigenvalue weighted by atomic mass is 35.5. The fraction of sp³-hybridized carbons (Fsp3) is 0.250. The van der Waals surface area contributed by atoms with E-state index in [0.29, 0.717) is 11.6 Å². The monoisotopic (exact) mass is 343 g/mol. The first-order valence-corrected chi connectivity index (χ1v) is 8.18. The van der Waals surface area contributed by atoms with Crippen molar-refractivity contribution in [3.05, 3.63) is 76.8 Å². The average molecular weight is 344 g/mol. The van der Waals surface area contributed by atoms with E-state index in [1.807, 2.05) is 37.3 Å². The first-order valence-electron chi connectivity index (χ1n) is 7.80. The Kier molecular flexibility index (Phi) is 6.04. The van der Waals surface area contributed by atoms with E-state index in [2.05, 4.69) is 6.58 Å². The number of nitrogens with zero attached hydrogens (tertiary/aromatic N) is 1. The fourth-order valence-electron chi connectivity index (χ4n) is 2.74. The fourth-order valence-corrected chi connectivity index (χ4v) is 2.94. The van der Waals surface area contributed by atoms with E-state index in [-0.39, 0.29) is 24.0 Å². The van der Waals surface area contributed by atoms with Crippen molar-refractivity contribution < 1.29 is 9.90 Å². The van der Waals surface area contributed by atoms with Crippen LogP contribution >= 0.6 is 11.6 Å². The molecule has 4 heteroatoms. The Balaban J connectivity index is 2.35. The van der Waals surface area contributed by atoms with E-state index in [1.54, 1.807) is 30.1 Å². The minimum absolute atomic E-state index is 0.00812. The molecule has 0 fully saturated rings. The lowest BCUT2D eigenvalue weighted by molar-refractivity contribution is -0.129. The number of amides is 1. The summed E-state index contributed by atoms with van der Waals surface area (Å²) in [5.74, 6) is -0.0889. The number of likely N-dealkylation sites (N-methyl/N-ethyl adjacent to an activating group) is 1. The van der Waals surface area contributed by atoms with Crippen LogP contribution in [0.1, 0.15) is 30.4 Å². The van der Waals surface area contributed by atoms with E-state index in [9.17, 15) is 9.90 Å². The van der Waals surface area contributed by atoms with Gasteiger partial charge in [-0.3, -0.25) is 4.79 Å². The van der Waals surface area contributed by atoms with Crippen LogP contribution in [0.4, 0.5) is 0 Å². The third-order valence-electron chi connectivity index (χ3n) is 3.87. The van der Waals surface area contributed by atoms with Crippen molar-refractivity contribution in [2.24, 2.45) is 0 Å². The molecule has 0 aliphatic rings. The summed E-state index contributed by atoms with van der Waals surface area (Å²) < 4.78 is 0. The maximum absolute atomic E-state index is 12.6. The Morgan fingerprint density at radius 3 is 2.58 bits per heavy atom. The smallest absolute Gasteiger partial charge is 0.223 e. The Hall–Kier alpha value is -2.26. The maximum Gasteiger partial charge on any atom is 0.223 e. The van der Waals surface area contributed by atoms with Crippen molar-refractivity contribution in [3.63, 3.8) is 0 Å². The molecule has 1 N–H and O–H groups in total. The van der Waals surface area contributed by atoms with Crippen molar-refractivity contribution in [3.8, 4) is 5.75 Å². The van der Waals surface area contributed by atoms with E-state index >= 15 is 0 Å². The predicted octanol–water partition coefficient (Wildman–Crippen LogP) is 4.60. The van der Waals surface area contributed by atoms with Gasteiger partial charge in [0.1, 0.15) is 5.75 Å². The highest BCUT2D eigenvalue weighted by Crippen LogP contribution is 2.35. The number of para-hydroxylation sites is 1. The zero-order valence-corrected chi connectivity index (χ0v) is 14.8. The van der Waals surface area contributed by atoms with Gasteiger partial charge in [0.2, 0.25) is 5.91 Å². The van der Waals surface area contributed by atoms with Crippen molar-refractivity contribution in [2.75, 3.05) is 13.6 Å². The Labute approximate surface area is 148 Å². The van der Waals surface area contributed by atoms with Gasteiger partial charge in [-0.15, -0.1) is 0 Å². The number of benzene rings is 2. The van der Waals surface area contributed by atoms with Crippen LogP contribution in [0.3, 0.4) is 0 Å². The summed E-state index contributed by atoms with van der Waals surface area (Å²) in [5, 5.41) is 10.8. The van der Waals surface area contributed by atoms with Crippen LogP contribution in [-0.2, 0) is 4.79 Å². The molecule has 0 heterocycles. The van der Waals surface area contributed by atoms with E-state index in [4.69, 9.17) is 11.6 Å². The van der Waals surface area contributed by atoms with Gasteiger partial charge in [0.15, 0.2) is 0 Å². The minimum Gasteiger partial charge on any atom is -0.508 e. The first-order chi connectivity index (χ1) is 11.4. The average Bonchev–Trinajstić information content (AvgIpc) is 2.52. The molecule has 1 amide bonds. The summed E-state index contributed by atoms with van der Waals surface area (Å²) in [6.07, 6.45) is 0.252. The molecule has 2 aromatic carbocycles. The first kappa shape index (κ1) is 18.1. The summed E-state index contributed by atoms with van der Waals surface area (Å²) in [7, 11) is 1.76. The zero-order chi connectivity index (χ0) is 17.7. The molecule has 2 aromatic rings. The number of rotatable bonds is 6. The largest absolute Gasteiger partial charge is 0.508 e. The van der Waals surface area contributed by atoms with Gasteiger partial charge in [-0.05, 0) is 30.7 Å². The summed E-state index contributed by atoms with van der Waals surface area (Å²) >= 11 is 6.11. The summed E-state index contributed by atoms with van der Waals surface area (Å²) in [6.45, 7) is 6.25. The molecular weight excluding hydrogens is 322 g/mol. The third kappa shape index (κ3) is 4.62. The molecule has 24 heavy (non-hydrogen) atoms. The number of carbonyl (C=O) groups is 1. The number of hydrogen-bond acceptors (Lipinski definition) is 2. The predicted molar refractivity (Wildman–Crippen MR) is 98.5 cm³/mol. The number of aromatic hydroxyl groups is 1. The molecule has 0 bridgehead atoms. The highest BCUT2D eigenvalue weighted by molar-refractivity contribution is 6.30. The van der Waals surface area contributed by atoms with Gasteiger partial charge in [0, 0.05) is 36.5 Å². The van der Waals surface area contributed by atoms with Gasteiger partial charge in [-0.25, -0.2) is 0 Å². The molecule has 1 unspecified atom stereocenters. The summed E-state index contributed by atoms with van der Waals surface area (Å²) in [6, 6.07) is 14.5. The Morgan fingerprint density at radius 2 is 1.96 bits per heavy atom. The normalized spacial score (nSPS) is 11.8. The molecule has 0 radical (unpaired) electrons. The number of hydrogen-bond donors (Lipinski definition) is 1. The van der Waals surface area contributed by atoms with E-state index in [1.165, 1.54) is 0 Å². The lowest BCUT2D eigenvalue weighted by atomic mass is 9.87. The molecule has 2 rings (SSSR count). The van der Waals surface area contributed by atoms with Gasteiger partial charge < -0.3 is 10.0 Å². The molecule has 0 aromatic heterocycles. The molecule has 3 nitrogen and oxygen atoms in total. The molecule has 0 saturated carbocycles. The standard InChI is InChI=1S/C20H22ClNO2/c1-14(2)13-22(3)20(24)12-18(15-7-6-8-16(21)11-15)17-9-4-5-10-19(17)23/h4-11,18,23H,1,12-13H2,2-3H3. The molecule has 0 saturated heterocycles. The van der Waals surface area contributed by atoms with Crippen molar-refractivity contribution in [1.29, 1.82) is 0 Å². The molecule has 126 valence electrons. The van der Waals surface area contributed by atoms with Crippen molar-refractivity contribution in [2.45, 2.75) is 19.3 Å². The quantitative estimate of drug-likeness (QED) is 0.778. The number of halogens is 1. The van der Waals surface area contributed by atoms with E-state index in [0.717, 1.165) is 16.7 Å². The second-order valence-corrected chi connectivity index (χ2v) is 6.51. The lowest BCUT2D eigenvalue weighted by Crippen LogP contribution is -2.29. The minimum atomic E-state index is -0.259. The van der Waals surface area contributed by atoms with Crippen LogP contribution in [0.15, 0.2) is 60.7 Å². The van der Waals surface area contributed by atoms with Crippen molar-refractivity contribution in [1.82, 2.24) is 4.90 Å². The van der Waals surface area contributed by atoms with Crippen LogP contribution in [0.2, 0.25) is 5.02 Å². The molecule has 0 spiro atoms. The third-order valence-corrected chi connectivity index (χ3v) is 4.11. The van der Waals surface area contributed by atoms with Gasteiger partial charge >= 0.3 is 0 Å². The van der Waals surface area contributed by atoms with Crippen molar-refractivity contribution >= 4 is 17.5 Å². The maximum atomic E-state index is 12.6. The van der Waals surface area contributed by atoms with E-state index < -0.39 is 0 Å². The zero-order valence-electron chi connectivity index (χ0n) is 14.0. The van der Waals surface area contributed by atoms with Gasteiger partial charge in [0.05, 0.1) is 0 Å². The number of carbonyl (C=O) groups excluding carboxylic acids is 1. The van der Waals surface area contributed by atoms with Crippen LogP contribution in [0.5, 0.6) is 5.75 Å². The van der Waals surface area contributed by atoms with Crippen LogP contribution in [0, 0.1) is 0 Å². The lowest BCUT2D eigenvalue weighted by Gasteiger charge is -2.23. The highest BCUT2D eigenvalue weighted by Gasteiger charge is 2.23. The van der Waals surface area contributed by atoms with Crippen LogP contribution in [-0.4, -0.2) is 29.5 Å².